The topological polar surface area (TPSA) is 29.1 Å². The summed E-state index contributed by atoms with van der Waals surface area (Å²) in [6.45, 7) is 5.52. The molecule has 2 rings (SSSR count). The second kappa shape index (κ2) is 4.41. The van der Waals surface area contributed by atoms with E-state index in [1.165, 1.54) is 6.07 Å². The summed E-state index contributed by atoms with van der Waals surface area (Å²) in [6, 6.07) is 10.1. The largest absolute Gasteiger partial charge is 0.325 e. The average Bonchev–Trinajstić information content (AvgIpc) is 2.32. The van der Waals surface area contributed by atoms with Crippen LogP contribution in [0.5, 0.6) is 0 Å². The molecule has 94 valence electrons. The van der Waals surface area contributed by atoms with Crippen molar-refractivity contribution < 1.29 is 9.18 Å². The Morgan fingerprint density at radius 3 is 2.28 bits per heavy atom. The lowest BCUT2D eigenvalue weighted by Gasteiger charge is -2.18. The van der Waals surface area contributed by atoms with E-state index >= 15 is 0 Å². The SMILES string of the molecule is CC(C)(C)C(=O)Nc1ccc(F)c2ccccc12. The zero-order chi connectivity index (χ0) is 13.3. The number of fused-ring (bicyclic) bond motifs is 1. The minimum absolute atomic E-state index is 0.0840. The summed E-state index contributed by atoms with van der Waals surface area (Å²) in [5, 5.41) is 4.08. The third-order valence-electron chi connectivity index (χ3n) is 2.80. The maximum atomic E-state index is 13.6. The van der Waals surface area contributed by atoms with Crippen LogP contribution in [0.1, 0.15) is 20.8 Å². The third kappa shape index (κ3) is 2.35. The van der Waals surface area contributed by atoms with Gasteiger partial charge in [0.1, 0.15) is 5.82 Å². The summed E-state index contributed by atoms with van der Waals surface area (Å²) in [6.07, 6.45) is 0. The molecule has 2 aromatic carbocycles. The Bertz CT molecular complexity index is 599. The quantitative estimate of drug-likeness (QED) is 0.809. The number of anilines is 1. The highest BCUT2D eigenvalue weighted by molar-refractivity contribution is 6.03. The van der Waals surface area contributed by atoms with Crippen molar-refractivity contribution in [2.45, 2.75) is 20.8 Å². The number of amides is 1. The molecule has 1 N–H and O–H groups in total. The molecule has 0 aliphatic carbocycles. The Balaban J connectivity index is 2.47. The van der Waals surface area contributed by atoms with E-state index in [0.29, 0.717) is 11.1 Å². The van der Waals surface area contributed by atoms with E-state index < -0.39 is 5.41 Å². The zero-order valence-electron chi connectivity index (χ0n) is 10.8. The summed E-state index contributed by atoms with van der Waals surface area (Å²) in [4.78, 5) is 12.0. The van der Waals surface area contributed by atoms with Crippen LogP contribution in [-0.2, 0) is 4.79 Å². The van der Waals surface area contributed by atoms with E-state index in [1.807, 2.05) is 26.8 Å². The highest BCUT2D eigenvalue weighted by Gasteiger charge is 2.21. The van der Waals surface area contributed by atoms with Crippen LogP contribution >= 0.6 is 0 Å². The Morgan fingerprint density at radius 1 is 1.06 bits per heavy atom. The molecule has 3 heteroatoms. The number of halogens is 1. The van der Waals surface area contributed by atoms with Gasteiger partial charge in [-0.1, -0.05) is 45.0 Å². The van der Waals surface area contributed by atoms with Crippen molar-refractivity contribution >= 4 is 22.4 Å². The van der Waals surface area contributed by atoms with Crippen LogP contribution in [0.4, 0.5) is 10.1 Å². The van der Waals surface area contributed by atoms with Gasteiger partial charge in [-0.2, -0.15) is 0 Å². The van der Waals surface area contributed by atoms with Crippen molar-refractivity contribution in [1.29, 1.82) is 0 Å². The molecule has 0 aliphatic rings. The van der Waals surface area contributed by atoms with Gasteiger partial charge in [-0.25, -0.2) is 4.39 Å². The minimum atomic E-state index is -0.477. The maximum absolute atomic E-state index is 13.6. The number of hydrogen-bond acceptors (Lipinski definition) is 1. The first kappa shape index (κ1) is 12.6. The standard InChI is InChI=1S/C15H16FNO/c1-15(2,3)14(18)17-13-9-8-12(16)10-6-4-5-7-11(10)13/h4-9H,1-3H3,(H,17,18). The fraction of sp³-hybridized carbons (Fsp3) is 0.267. The molecule has 0 aromatic heterocycles. The van der Waals surface area contributed by atoms with E-state index in [0.717, 1.165) is 5.39 Å². The molecular weight excluding hydrogens is 229 g/mol. The van der Waals surface area contributed by atoms with E-state index in [2.05, 4.69) is 5.32 Å². The number of rotatable bonds is 1. The van der Waals surface area contributed by atoms with Crippen LogP contribution in [-0.4, -0.2) is 5.91 Å². The molecule has 18 heavy (non-hydrogen) atoms. The summed E-state index contributed by atoms with van der Waals surface area (Å²) in [7, 11) is 0. The molecule has 0 aliphatic heterocycles. The maximum Gasteiger partial charge on any atom is 0.229 e. The van der Waals surface area contributed by atoms with Crippen molar-refractivity contribution in [3.05, 3.63) is 42.2 Å². The van der Waals surface area contributed by atoms with E-state index in [1.54, 1.807) is 24.3 Å². The van der Waals surface area contributed by atoms with Gasteiger partial charge in [0.05, 0.1) is 0 Å². The normalized spacial score (nSPS) is 11.6. The lowest BCUT2D eigenvalue weighted by atomic mass is 9.95. The summed E-state index contributed by atoms with van der Waals surface area (Å²) in [5.41, 5.74) is 0.169. The van der Waals surface area contributed by atoms with E-state index in [4.69, 9.17) is 0 Å². The van der Waals surface area contributed by atoms with Gasteiger partial charge in [0.2, 0.25) is 5.91 Å². The van der Waals surface area contributed by atoms with Crippen molar-refractivity contribution in [3.8, 4) is 0 Å². The highest BCUT2D eigenvalue weighted by atomic mass is 19.1. The Labute approximate surface area is 106 Å². The van der Waals surface area contributed by atoms with Crippen molar-refractivity contribution in [2.24, 2.45) is 5.41 Å². The summed E-state index contributed by atoms with van der Waals surface area (Å²) < 4.78 is 13.6. The number of hydrogen-bond donors (Lipinski definition) is 1. The van der Waals surface area contributed by atoms with Gasteiger partial charge in [0, 0.05) is 21.9 Å². The van der Waals surface area contributed by atoms with Crippen LogP contribution in [0.15, 0.2) is 36.4 Å². The third-order valence-corrected chi connectivity index (χ3v) is 2.80. The van der Waals surface area contributed by atoms with Crippen molar-refractivity contribution in [2.75, 3.05) is 5.32 Å². The highest BCUT2D eigenvalue weighted by Crippen LogP contribution is 2.27. The fourth-order valence-electron chi connectivity index (χ4n) is 1.68. The second-order valence-electron chi connectivity index (χ2n) is 5.34. The lowest BCUT2D eigenvalue weighted by Crippen LogP contribution is -2.27. The summed E-state index contributed by atoms with van der Waals surface area (Å²) >= 11 is 0. The van der Waals surface area contributed by atoms with Gasteiger partial charge in [-0.3, -0.25) is 4.79 Å². The van der Waals surface area contributed by atoms with Crippen LogP contribution in [0, 0.1) is 11.2 Å². The molecule has 0 saturated carbocycles. The molecule has 2 aromatic rings. The smallest absolute Gasteiger partial charge is 0.229 e. The Morgan fingerprint density at radius 2 is 1.67 bits per heavy atom. The predicted octanol–water partition coefficient (Wildman–Crippen LogP) is 3.96. The Hall–Kier alpha value is -1.90. The molecule has 2 nitrogen and oxygen atoms in total. The fourth-order valence-corrected chi connectivity index (χ4v) is 1.68. The lowest BCUT2D eigenvalue weighted by molar-refractivity contribution is -0.123. The van der Waals surface area contributed by atoms with Crippen LogP contribution in [0.25, 0.3) is 10.8 Å². The Kier molecular flexibility index (Phi) is 3.07. The van der Waals surface area contributed by atoms with Gasteiger partial charge in [0.15, 0.2) is 0 Å². The molecule has 0 saturated heterocycles. The molecular formula is C15H16FNO. The first-order valence-corrected chi connectivity index (χ1v) is 5.88. The molecule has 0 bridgehead atoms. The molecule has 1 amide bonds. The molecule has 0 spiro atoms. The van der Waals surface area contributed by atoms with Gasteiger partial charge >= 0.3 is 0 Å². The average molecular weight is 245 g/mol. The first-order valence-electron chi connectivity index (χ1n) is 5.88. The summed E-state index contributed by atoms with van der Waals surface area (Å²) in [5.74, 6) is -0.362. The van der Waals surface area contributed by atoms with E-state index in [9.17, 15) is 9.18 Å². The molecule has 0 heterocycles. The van der Waals surface area contributed by atoms with Crippen LogP contribution in [0.2, 0.25) is 0 Å². The number of carbonyl (C=O) groups is 1. The van der Waals surface area contributed by atoms with Gasteiger partial charge in [0.25, 0.3) is 0 Å². The first-order chi connectivity index (χ1) is 8.39. The number of nitrogens with one attached hydrogen (secondary N) is 1. The predicted molar refractivity (Wildman–Crippen MR) is 72.0 cm³/mol. The number of benzene rings is 2. The van der Waals surface area contributed by atoms with Crippen LogP contribution in [0.3, 0.4) is 0 Å². The molecule has 0 atom stereocenters. The zero-order valence-corrected chi connectivity index (χ0v) is 10.8. The molecule has 0 unspecified atom stereocenters. The van der Waals surface area contributed by atoms with Crippen molar-refractivity contribution in [3.63, 3.8) is 0 Å². The van der Waals surface area contributed by atoms with Gasteiger partial charge in [-0.05, 0) is 12.1 Å². The molecule has 0 radical (unpaired) electrons. The van der Waals surface area contributed by atoms with E-state index in [-0.39, 0.29) is 11.7 Å². The minimum Gasteiger partial charge on any atom is -0.325 e. The monoisotopic (exact) mass is 245 g/mol. The van der Waals surface area contributed by atoms with Crippen molar-refractivity contribution in [1.82, 2.24) is 0 Å². The second-order valence-corrected chi connectivity index (χ2v) is 5.34. The molecule has 0 fully saturated rings. The van der Waals surface area contributed by atoms with Crippen LogP contribution < -0.4 is 5.32 Å². The number of carbonyl (C=O) groups excluding carboxylic acids is 1. The van der Waals surface area contributed by atoms with Gasteiger partial charge < -0.3 is 5.32 Å². The van der Waals surface area contributed by atoms with Gasteiger partial charge in [-0.15, -0.1) is 0 Å².